The topological polar surface area (TPSA) is 132 Å². The summed E-state index contributed by atoms with van der Waals surface area (Å²) in [5.74, 6) is -0.505. The maximum absolute atomic E-state index is 13.6. The third kappa shape index (κ3) is 3.46. The average Bonchev–Trinajstić information content (AvgIpc) is 3.27. The lowest BCUT2D eigenvalue weighted by molar-refractivity contribution is -0.176. The Balaban J connectivity index is 1.39. The molecule has 2 aliphatic carbocycles. The van der Waals surface area contributed by atoms with E-state index in [1.165, 1.54) is 0 Å². The van der Waals surface area contributed by atoms with Gasteiger partial charge in [-0.2, -0.15) is 0 Å². The Hall–Kier alpha value is -3.24. The maximum atomic E-state index is 13.6. The summed E-state index contributed by atoms with van der Waals surface area (Å²) in [6.45, 7) is 0.625. The maximum Gasteiger partial charge on any atom is 0.357 e. The minimum Gasteiger partial charge on any atom is -0.481 e. The summed E-state index contributed by atoms with van der Waals surface area (Å²) >= 11 is 0. The molecule has 1 spiro atoms. The number of esters is 2. The number of aliphatic hydroxyl groups excluding tert-OH is 1. The van der Waals surface area contributed by atoms with Crippen molar-refractivity contribution in [1.29, 1.82) is 0 Å². The summed E-state index contributed by atoms with van der Waals surface area (Å²) in [5.41, 5.74) is 6.64. The molecule has 0 aromatic heterocycles. The Kier molecular flexibility index (Phi) is 6.07. The Morgan fingerprint density at radius 1 is 1.24 bits per heavy atom. The molecule has 0 unspecified atom stereocenters. The summed E-state index contributed by atoms with van der Waals surface area (Å²) in [6, 6.07) is 12.4. The van der Waals surface area contributed by atoms with Crippen molar-refractivity contribution >= 4 is 11.9 Å². The standard InChI is InChI=1S/C29H32N2O7/c1-31-14-12-28-23-18-7-8-19(16-32)24(23)38-26(28)20(9-11-29(28,35)21(31)15-18)36-27(34)25(37-22(33)10-13-30)17-5-3-2-4-6-17/h2-9,21,25-26,32,35H,10-16,30H2,1H3/t21-,25-,26+,28+,29-/m1/s1. The van der Waals surface area contributed by atoms with Crippen molar-refractivity contribution in [3.8, 4) is 5.75 Å². The van der Waals surface area contributed by atoms with E-state index in [1.54, 1.807) is 36.4 Å². The Morgan fingerprint density at radius 2 is 2.03 bits per heavy atom. The SMILES string of the molecule is CN1CC[C@]23c4c5ccc(CO)c4O[C@H]2C(OC(=O)[C@H](OC(=O)CCN)c2ccccc2)=CC[C@@]3(O)[C@H]1C5. The summed E-state index contributed by atoms with van der Waals surface area (Å²) in [6.07, 6.45) is 1.19. The second-order valence-corrected chi connectivity index (χ2v) is 10.6. The number of benzene rings is 2. The van der Waals surface area contributed by atoms with E-state index in [0.717, 1.165) is 17.7 Å². The molecular weight excluding hydrogens is 488 g/mol. The lowest BCUT2D eigenvalue weighted by Crippen LogP contribution is -2.74. The molecule has 2 aromatic carbocycles. The van der Waals surface area contributed by atoms with Gasteiger partial charge in [-0.05, 0) is 38.1 Å². The van der Waals surface area contributed by atoms with E-state index in [1.807, 2.05) is 19.2 Å². The number of nitrogens with two attached hydrogens (primary N) is 1. The van der Waals surface area contributed by atoms with Crippen LogP contribution in [-0.2, 0) is 37.5 Å². The molecule has 0 saturated carbocycles. The highest BCUT2D eigenvalue weighted by atomic mass is 16.6. The molecule has 2 aliphatic heterocycles. The second-order valence-electron chi connectivity index (χ2n) is 10.6. The van der Waals surface area contributed by atoms with E-state index in [4.69, 9.17) is 19.9 Å². The van der Waals surface area contributed by atoms with Crippen LogP contribution >= 0.6 is 0 Å². The first-order valence-corrected chi connectivity index (χ1v) is 13.1. The van der Waals surface area contributed by atoms with Crippen LogP contribution < -0.4 is 10.5 Å². The number of aliphatic hydroxyl groups is 2. The molecule has 2 heterocycles. The van der Waals surface area contributed by atoms with E-state index in [9.17, 15) is 19.8 Å². The molecule has 4 N–H and O–H groups in total. The molecule has 0 amide bonds. The van der Waals surface area contributed by atoms with Crippen LogP contribution in [-0.4, -0.2) is 64.9 Å². The van der Waals surface area contributed by atoms with Crippen molar-refractivity contribution < 1.29 is 34.0 Å². The van der Waals surface area contributed by atoms with Crippen molar-refractivity contribution in [1.82, 2.24) is 4.90 Å². The van der Waals surface area contributed by atoms with Crippen LogP contribution in [0.4, 0.5) is 0 Å². The number of carbonyl (C=O) groups excluding carboxylic acids is 2. The molecule has 6 rings (SSSR count). The van der Waals surface area contributed by atoms with Gasteiger partial charge in [0, 0.05) is 35.7 Å². The van der Waals surface area contributed by atoms with Gasteiger partial charge >= 0.3 is 11.9 Å². The third-order valence-electron chi connectivity index (χ3n) is 8.76. The molecule has 38 heavy (non-hydrogen) atoms. The minimum atomic E-state index is -1.28. The van der Waals surface area contributed by atoms with Gasteiger partial charge in [0.25, 0.3) is 0 Å². The summed E-state index contributed by atoms with van der Waals surface area (Å²) in [5, 5.41) is 22.4. The summed E-state index contributed by atoms with van der Waals surface area (Å²) in [7, 11) is 2.02. The van der Waals surface area contributed by atoms with Gasteiger partial charge in [-0.3, -0.25) is 4.79 Å². The van der Waals surface area contributed by atoms with Crippen molar-refractivity contribution in [2.75, 3.05) is 20.1 Å². The van der Waals surface area contributed by atoms with Crippen molar-refractivity contribution in [3.63, 3.8) is 0 Å². The van der Waals surface area contributed by atoms with Gasteiger partial charge in [0.1, 0.15) is 11.5 Å². The third-order valence-corrected chi connectivity index (χ3v) is 8.76. The Labute approximate surface area is 220 Å². The first-order valence-electron chi connectivity index (χ1n) is 13.1. The molecular formula is C29H32N2O7. The van der Waals surface area contributed by atoms with E-state index in [2.05, 4.69) is 4.90 Å². The molecule has 1 saturated heterocycles. The van der Waals surface area contributed by atoms with E-state index in [0.29, 0.717) is 29.7 Å². The number of hydrogen-bond acceptors (Lipinski definition) is 9. The average molecular weight is 521 g/mol. The van der Waals surface area contributed by atoms with Gasteiger partial charge in [-0.1, -0.05) is 42.5 Å². The highest BCUT2D eigenvalue weighted by molar-refractivity contribution is 5.82. The zero-order valence-corrected chi connectivity index (χ0v) is 21.3. The van der Waals surface area contributed by atoms with Crippen LogP contribution in [0.2, 0.25) is 0 Å². The number of likely N-dealkylation sites (tertiary alicyclic amines) is 1. The normalized spacial score (nSPS) is 29.5. The number of likely N-dealkylation sites (N-methyl/N-ethyl adjacent to an activating group) is 1. The monoisotopic (exact) mass is 520 g/mol. The van der Waals surface area contributed by atoms with Crippen LogP contribution in [0, 0.1) is 0 Å². The molecule has 9 heteroatoms. The van der Waals surface area contributed by atoms with Gasteiger partial charge < -0.3 is 35.1 Å². The minimum absolute atomic E-state index is 0.0296. The fourth-order valence-corrected chi connectivity index (χ4v) is 6.99. The number of carbonyl (C=O) groups is 2. The van der Waals surface area contributed by atoms with Crippen molar-refractivity contribution in [2.45, 2.75) is 61.6 Å². The van der Waals surface area contributed by atoms with E-state index in [-0.39, 0.29) is 37.8 Å². The smallest absolute Gasteiger partial charge is 0.357 e. The number of piperidine rings is 1. The Bertz CT molecular complexity index is 1310. The highest BCUT2D eigenvalue weighted by Gasteiger charge is 2.72. The predicted molar refractivity (Wildman–Crippen MR) is 136 cm³/mol. The van der Waals surface area contributed by atoms with Crippen LogP contribution in [0.5, 0.6) is 5.75 Å². The molecule has 2 bridgehead atoms. The molecule has 2 aromatic rings. The molecule has 4 aliphatic rings. The molecule has 9 nitrogen and oxygen atoms in total. The molecule has 1 fully saturated rings. The largest absolute Gasteiger partial charge is 0.481 e. The summed E-state index contributed by atoms with van der Waals surface area (Å²) in [4.78, 5) is 28.1. The molecule has 5 atom stereocenters. The number of hydrogen-bond donors (Lipinski definition) is 3. The number of ether oxygens (including phenoxy) is 3. The highest BCUT2D eigenvalue weighted by Crippen LogP contribution is 2.64. The first kappa shape index (κ1) is 25.1. The first-order chi connectivity index (χ1) is 18.3. The fourth-order valence-electron chi connectivity index (χ4n) is 6.99. The van der Waals surface area contributed by atoms with Crippen LogP contribution in [0.25, 0.3) is 0 Å². The number of nitrogens with zero attached hydrogens (tertiary/aromatic N) is 1. The molecule has 0 radical (unpaired) electrons. The second kappa shape index (κ2) is 9.20. The van der Waals surface area contributed by atoms with Gasteiger partial charge in [-0.15, -0.1) is 0 Å². The predicted octanol–water partition coefficient (Wildman–Crippen LogP) is 1.63. The Morgan fingerprint density at radius 3 is 2.76 bits per heavy atom. The molecule has 200 valence electrons. The van der Waals surface area contributed by atoms with E-state index >= 15 is 0 Å². The van der Waals surface area contributed by atoms with Gasteiger partial charge in [0.15, 0.2) is 6.10 Å². The van der Waals surface area contributed by atoms with E-state index < -0.39 is 35.2 Å². The van der Waals surface area contributed by atoms with Crippen molar-refractivity contribution in [3.05, 3.63) is 76.6 Å². The van der Waals surface area contributed by atoms with Crippen LogP contribution in [0.1, 0.15) is 47.6 Å². The summed E-state index contributed by atoms with van der Waals surface area (Å²) < 4.78 is 18.0. The van der Waals surface area contributed by atoms with Gasteiger partial charge in [0.2, 0.25) is 6.10 Å². The zero-order valence-electron chi connectivity index (χ0n) is 21.3. The van der Waals surface area contributed by atoms with Gasteiger partial charge in [-0.25, -0.2) is 4.79 Å². The fraction of sp³-hybridized carbons (Fsp3) is 0.448. The van der Waals surface area contributed by atoms with Crippen LogP contribution in [0.3, 0.4) is 0 Å². The lowest BCUT2D eigenvalue weighted by atomic mass is 9.50. The zero-order chi connectivity index (χ0) is 26.7. The van der Waals surface area contributed by atoms with Crippen molar-refractivity contribution in [2.24, 2.45) is 5.73 Å². The lowest BCUT2D eigenvalue weighted by Gasteiger charge is -2.61. The van der Waals surface area contributed by atoms with Gasteiger partial charge in [0.05, 0.1) is 24.0 Å². The number of rotatable bonds is 7. The van der Waals surface area contributed by atoms with Crippen LogP contribution in [0.15, 0.2) is 54.3 Å². The quantitative estimate of drug-likeness (QED) is 0.466.